The van der Waals surface area contributed by atoms with E-state index in [1.165, 1.54) is 0 Å². The van der Waals surface area contributed by atoms with Gasteiger partial charge < -0.3 is 14.8 Å². The van der Waals surface area contributed by atoms with Gasteiger partial charge in [-0.1, -0.05) is 26.5 Å². The van der Waals surface area contributed by atoms with E-state index in [4.69, 9.17) is 9.47 Å². The lowest BCUT2D eigenvalue weighted by atomic mass is 10.2. The predicted octanol–water partition coefficient (Wildman–Crippen LogP) is 3.04. The standard InChI is InChI=1S/C17H25NO3/c1-4-11-21-16-8-6-15(7-9-16)17(19)18-10-5-12-20-13-14(2)3/h4,6-9,14H,1,5,10-13H2,2-3H3,(H,18,19). The van der Waals surface area contributed by atoms with Gasteiger partial charge in [-0.3, -0.25) is 4.79 Å². The van der Waals surface area contributed by atoms with Gasteiger partial charge in [0.25, 0.3) is 5.91 Å². The molecular formula is C17H25NO3. The maximum atomic E-state index is 11.9. The molecule has 0 saturated heterocycles. The molecule has 1 N–H and O–H groups in total. The maximum absolute atomic E-state index is 11.9. The van der Waals surface area contributed by atoms with Crippen LogP contribution in [0.25, 0.3) is 0 Å². The molecule has 1 amide bonds. The van der Waals surface area contributed by atoms with E-state index in [1.54, 1.807) is 30.3 Å². The fraction of sp³-hybridized carbons (Fsp3) is 0.471. The molecule has 0 aliphatic carbocycles. The molecule has 0 unspecified atom stereocenters. The first-order chi connectivity index (χ1) is 10.1. The third-order valence-electron chi connectivity index (χ3n) is 2.69. The van der Waals surface area contributed by atoms with Crippen molar-refractivity contribution in [1.29, 1.82) is 0 Å². The Bertz CT molecular complexity index is 426. The molecule has 21 heavy (non-hydrogen) atoms. The Morgan fingerprint density at radius 3 is 2.67 bits per heavy atom. The highest BCUT2D eigenvalue weighted by Gasteiger charge is 2.04. The van der Waals surface area contributed by atoms with E-state index in [0.717, 1.165) is 18.8 Å². The van der Waals surface area contributed by atoms with E-state index in [1.807, 2.05) is 0 Å². The Morgan fingerprint density at radius 1 is 1.33 bits per heavy atom. The number of hydrogen-bond donors (Lipinski definition) is 1. The molecule has 4 heteroatoms. The van der Waals surface area contributed by atoms with Gasteiger partial charge in [-0.05, 0) is 36.6 Å². The van der Waals surface area contributed by atoms with Crippen molar-refractivity contribution in [3.63, 3.8) is 0 Å². The molecule has 0 radical (unpaired) electrons. The Balaban J connectivity index is 2.24. The average Bonchev–Trinajstić information content (AvgIpc) is 2.48. The second-order valence-corrected chi connectivity index (χ2v) is 5.20. The first-order valence-corrected chi connectivity index (χ1v) is 7.33. The van der Waals surface area contributed by atoms with E-state index < -0.39 is 0 Å². The van der Waals surface area contributed by atoms with Gasteiger partial charge in [-0.2, -0.15) is 0 Å². The van der Waals surface area contributed by atoms with E-state index in [9.17, 15) is 4.79 Å². The average molecular weight is 291 g/mol. The van der Waals surface area contributed by atoms with Crippen molar-refractivity contribution in [2.24, 2.45) is 5.92 Å². The lowest BCUT2D eigenvalue weighted by Crippen LogP contribution is -2.25. The number of carbonyl (C=O) groups is 1. The van der Waals surface area contributed by atoms with Crippen LogP contribution in [-0.4, -0.2) is 32.3 Å². The highest BCUT2D eigenvalue weighted by atomic mass is 16.5. The Morgan fingerprint density at radius 2 is 2.05 bits per heavy atom. The lowest BCUT2D eigenvalue weighted by Gasteiger charge is -2.08. The second-order valence-electron chi connectivity index (χ2n) is 5.20. The molecule has 1 aromatic carbocycles. The molecule has 0 heterocycles. The van der Waals surface area contributed by atoms with Gasteiger partial charge in [0.15, 0.2) is 0 Å². The molecule has 1 rings (SSSR count). The third-order valence-corrected chi connectivity index (χ3v) is 2.69. The minimum absolute atomic E-state index is 0.0749. The molecule has 0 bridgehead atoms. The fourth-order valence-corrected chi connectivity index (χ4v) is 1.65. The van der Waals surface area contributed by atoms with Gasteiger partial charge in [0.05, 0.1) is 0 Å². The highest BCUT2D eigenvalue weighted by molar-refractivity contribution is 5.94. The smallest absolute Gasteiger partial charge is 0.251 e. The van der Waals surface area contributed by atoms with Crippen LogP contribution in [0.5, 0.6) is 5.75 Å². The molecule has 0 aromatic heterocycles. The zero-order chi connectivity index (χ0) is 15.5. The summed E-state index contributed by atoms with van der Waals surface area (Å²) in [5, 5.41) is 2.87. The van der Waals surface area contributed by atoms with Gasteiger partial charge >= 0.3 is 0 Å². The second kappa shape index (κ2) is 10.00. The van der Waals surface area contributed by atoms with Crippen molar-refractivity contribution in [3.05, 3.63) is 42.5 Å². The van der Waals surface area contributed by atoms with Crippen LogP contribution in [0.1, 0.15) is 30.6 Å². The number of carbonyl (C=O) groups excluding carboxylic acids is 1. The largest absolute Gasteiger partial charge is 0.490 e. The normalized spacial score (nSPS) is 10.4. The summed E-state index contributed by atoms with van der Waals surface area (Å²) in [6.07, 6.45) is 2.50. The first-order valence-electron chi connectivity index (χ1n) is 7.33. The van der Waals surface area contributed by atoms with Crippen LogP contribution >= 0.6 is 0 Å². The molecule has 4 nitrogen and oxygen atoms in total. The molecule has 0 spiro atoms. The Hall–Kier alpha value is -1.81. The first kappa shape index (κ1) is 17.2. The summed E-state index contributed by atoms with van der Waals surface area (Å²) < 4.78 is 10.8. The zero-order valence-corrected chi connectivity index (χ0v) is 12.9. The van der Waals surface area contributed by atoms with Gasteiger partial charge in [-0.15, -0.1) is 0 Å². The summed E-state index contributed by atoms with van der Waals surface area (Å²) in [4.78, 5) is 11.9. The van der Waals surface area contributed by atoms with Gasteiger partial charge in [0, 0.05) is 25.3 Å². The molecule has 1 aromatic rings. The fourth-order valence-electron chi connectivity index (χ4n) is 1.65. The molecule has 116 valence electrons. The number of benzene rings is 1. The minimum atomic E-state index is -0.0749. The van der Waals surface area contributed by atoms with Gasteiger partial charge in [-0.25, -0.2) is 0 Å². The van der Waals surface area contributed by atoms with Crippen molar-refractivity contribution in [3.8, 4) is 5.75 Å². The number of hydrogen-bond acceptors (Lipinski definition) is 3. The number of ether oxygens (including phenoxy) is 2. The Labute approximate surface area is 127 Å². The molecule has 0 atom stereocenters. The van der Waals surface area contributed by atoms with Crippen LogP contribution in [0.2, 0.25) is 0 Å². The monoisotopic (exact) mass is 291 g/mol. The minimum Gasteiger partial charge on any atom is -0.490 e. The Kier molecular flexibility index (Phi) is 8.21. The van der Waals surface area contributed by atoms with Crippen molar-refractivity contribution < 1.29 is 14.3 Å². The number of rotatable bonds is 10. The molecule has 0 saturated carbocycles. The summed E-state index contributed by atoms with van der Waals surface area (Å²) in [6.45, 7) is 10.3. The van der Waals surface area contributed by atoms with E-state index in [2.05, 4.69) is 25.7 Å². The third kappa shape index (κ3) is 7.51. The molecule has 0 aliphatic heterocycles. The van der Waals surface area contributed by atoms with E-state index in [-0.39, 0.29) is 5.91 Å². The van der Waals surface area contributed by atoms with E-state index in [0.29, 0.717) is 31.2 Å². The molecule has 0 fully saturated rings. The van der Waals surface area contributed by atoms with Crippen LogP contribution in [0.15, 0.2) is 36.9 Å². The van der Waals surface area contributed by atoms with Crippen LogP contribution in [0.4, 0.5) is 0 Å². The lowest BCUT2D eigenvalue weighted by molar-refractivity contribution is 0.0925. The summed E-state index contributed by atoms with van der Waals surface area (Å²) in [6, 6.07) is 7.07. The zero-order valence-electron chi connectivity index (χ0n) is 12.9. The topological polar surface area (TPSA) is 47.6 Å². The van der Waals surface area contributed by atoms with Gasteiger partial charge in [0.1, 0.15) is 12.4 Å². The SMILES string of the molecule is C=CCOc1ccc(C(=O)NCCCOCC(C)C)cc1. The summed E-state index contributed by atoms with van der Waals surface area (Å²) in [5.41, 5.74) is 0.629. The number of nitrogens with one attached hydrogen (secondary N) is 1. The summed E-state index contributed by atoms with van der Waals surface area (Å²) in [7, 11) is 0. The van der Waals surface area contributed by atoms with Crippen LogP contribution in [-0.2, 0) is 4.74 Å². The summed E-state index contributed by atoms with van der Waals surface area (Å²) >= 11 is 0. The predicted molar refractivity (Wildman–Crippen MR) is 84.7 cm³/mol. The van der Waals surface area contributed by atoms with E-state index >= 15 is 0 Å². The van der Waals surface area contributed by atoms with Crippen LogP contribution < -0.4 is 10.1 Å². The van der Waals surface area contributed by atoms with Crippen molar-refractivity contribution in [2.75, 3.05) is 26.4 Å². The quantitative estimate of drug-likeness (QED) is 0.532. The highest BCUT2D eigenvalue weighted by Crippen LogP contribution is 2.12. The van der Waals surface area contributed by atoms with Crippen molar-refractivity contribution >= 4 is 5.91 Å². The number of amides is 1. The van der Waals surface area contributed by atoms with Crippen molar-refractivity contribution in [1.82, 2.24) is 5.32 Å². The summed E-state index contributed by atoms with van der Waals surface area (Å²) in [5.74, 6) is 1.20. The van der Waals surface area contributed by atoms with Gasteiger partial charge in [0.2, 0.25) is 0 Å². The maximum Gasteiger partial charge on any atom is 0.251 e. The van der Waals surface area contributed by atoms with Crippen LogP contribution in [0, 0.1) is 5.92 Å². The van der Waals surface area contributed by atoms with Crippen molar-refractivity contribution in [2.45, 2.75) is 20.3 Å². The molecular weight excluding hydrogens is 266 g/mol. The van der Waals surface area contributed by atoms with Crippen LogP contribution in [0.3, 0.4) is 0 Å². The molecule has 0 aliphatic rings.